The largest absolute Gasteiger partial charge is 0.480 e. The first kappa shape index (κ1) is 27.3. The molecule has 2 atom stereocenters. The second kappa shape index (κ2) is 12.1. The molecule has 190 valence electrons. The molecule has 0 aliphatic heterocycles. The van der Waals surface area contributed by atoms with E-state index >= 15 is 0 Å². The van der Waals surface area contributed by atoms with Crippen molar-refractivity contribution in [3.8, 4) is 11.6 Å². The van der Waals surface area contributed by atoms with Crippen molar-refractivity contribution in [3.63, 3.8) is 0 Å². The number of hydrogen-bond donors (Lipinski definition) is 2. The molecule has 1 amide bonds. The van der Waals surface area contributed by atoms with Crippen molar-refractivity contribution in [2.75, 3.05) is 6.61 Å². The number of rotatable bonds is 11. The average molecular weight is 531 g/mol. The number of carbonyl (C=O) groups is 2. The van der Waals surface area contributed by atoms with E-state index in [2.05, 4.69) is 10.3 Å². The van der Waals surface area contributed by atoms with Crippen molar-refractivity contribution in [2.24, 2.45) is 0 Å². The van der Waals surface area contributed by atoms with E-state index in [1.54, 1.807) is 13.8 Å². The van der Waals surface area contributed by atoms with E-state index in [1.807, 2.05) is 55.5 Å². The molecule has 0 saturated carbocycles. The van der Waals surface area contributed by atoms with E-state index in [4.69, 9.17) is 37.8 Å². The SMILES string of the molecule is CC(NC(=O)C(C)(C)Oc1ccc(OCC(=O)O)cn1)C(Cc1ccc(Cl)cc1)c1cccc(Cl)c1. The number of pyridine rings is 1. The Morgan fingerprint density at radius 3 is 2.39 bits per heavy atom. The van der Waals surface area contributed by atoms with Crippen LogP contribution in [0.5, 0.6) is 11.6 Å². The summed E-state index contributed by atoms with van der Waals surface area (Å²) in [4.78, 5) is 28.0. The number of ether oxygens (including phenoxy) is 2. The van der Waals surface area contributed by atoms with Gasteiger partial charge in [0.1, 0.15) is 5.75 Å². The number of aliphatic carboxylic acids is 1. The molecule has 0 spiro atoms. The first-order chi connectivity index (χ1) is 17.0. The van der Waals surface area contributed by atoms with Crippen LogP contribution < -0.4 is 14.8 Å². The van der Waals surface area contributed by atoms with Crippen molar-refractivity contribution in [1.82, 2.24) is 10.3 Å². The lowest BCUT2D eigenvalue weighted by atomic mass is 9.86. The summed E-state index contributed by atoms with van der Waals surface area (Å²) >= 11 is 12.3. The van der Waals surface area contributed by atoms with Gasteiger partial charge >= 0.3 is 5.97 Å². The van der Waals surface area contributed by atoms with E-state index in [1.165, 1.54) is 18.3 Å². The minimum Gasteiger partial charge on any atom is -0.480 e. The Bertz CT molecular complexity index is 1180. The third kappa shape index (κ3) is 7.86. The molecular formula is C27H28Cl2N2O5. The molecule has 0 aliphatic rings. The van der Waals surface area contributed by atoms with E-state index in [0.717, 1.165) is 11.1 Å². The Morgan fingerprint density at radius 2 is 1.78 bits per heavy atom. The van der Waals surface area contributed by atoms with Gasteiger partial charge in [-0.25, -0.2) is 9.78 Å². The summed E-state index contributed by atoms with van der Waals surface area (Å²) < 4.78 is 10.9. The first-order valence-electron chi connectivity index (χ1n) is 11.3. The molecule has 0 bridgehead atoms. The zero-order valence-corrected chi connectivity index (χ0v) is 21.7. The van der Waals surface area contributed by atoms with Crippen molar-refractivity contribution < 1.29 is 24.2 Å². The van der Waals surface area contributed by atoms with Gasteiger partial charge in [0.05, 0.1) is 6.20 Å². The van der Waals surface area contributed by atoms with Gasteiger partial charge in [-0.1, -0.05) is 47.5 Å². The number of carbonyl (C=O) groups excluding carboxylic acids is 1. The zero-order valence-electron chi connectivity index (χ0n) is 20.2. The highest BCUT2D eigenvalue weighted by Crippen LogP contribution is 2.28. The molecule has 0 aliphatic carbocycles. The van der Waals surface area contributed by atoms with Crippen LogP contribution >= 0.6 is 23.2 Å². The molecule has 3 aromatic rings. The second-order valence-corrected chi connectivity index (χ2v) is 9.75. The number of nitrogens with one attached hydrogen (secondary N) is 1. The summed E-state index contributed by atoms with van der Waals surface area (Å²) in [5.41, 5.74) is 0.849. The fraction of sp³-hybridized carbons (Fsp3) is 0.296. The Labute approximate surface area is 220 Å². The van der Waals surface area contributed by atoms with Crippen LogP contribution in [0.25, 0.3) is 0 Å². The minimum atomic E-state index is -1.23. The molecule has 9 heteroatoms. The molecule has 0 radical (unpaired) electrons. The van der Waals surface area contributed by atoms with Gasteiger partial charge in [-0.15, -0.1) is 0 Å². The predicted molar refractivity (Wildman–Crippen MR) is 139 cm³/mol. The Balaban J connectivity index is 1.71. The van der Waals surface area contributed by atoms with Gasteiger partial charge in [0.25, 0.3) is 5.91 Å². The van der Waals surface area contributed by atoms with Crippen molar-refractivity contribution in [3.05, 3.63) is 88.0 Å². The highest BCUT2D eigenvalue weighted by atomic mass is 35.5. The Hall–Kier alpha value is -3.29. The van der Waals surface area contributed by atoms with Gasteiger partial charge in [-0.3, -0.25) is 4.79 Å². The molecule has 2 aromatic carbocycles. The zero-order chi connectivity index (χ0) is 26.3. The molecular weight excluding hydrogens is 503 g/mol. The van der Waals surface area contributed by atoms with Crippen LogP contribution in [0.2, 0.25) is 10.0 Å². The maximum absolute atomic E-state index is 13.2. The molecule has 3 rings (SSSR count). The van der Waals surface area contributed by atoms with Crippen LogP contribution in [-0.2, 0) is 16.0 Å². The quantitative estimate of drug-likeness (QED) is 0.337. The summed E-state index contributed by atoms with van der Waals surface area (Å²) in [5, 5.41) is 13.1. The van der Waals surface area contributed by atoms with Crippen LogP contribution in [0.1, 0.15) is 37.8 Å². The molecule has 2 N–H and O–H groups in total. The lowest BCUT2D eigenvalue weighted by Gasteiger charge is -2.30. The number of halogens is 2. The molecule has 2 unspecified atom stereocenters. The Kier molecular flexibility index (Phi) is 9.18. The van der Waals surface area contributed by atoms with E-state index in [-0.39, 0.29) is 29.5 Å². The highest BCUT2D eigenvalue weighted by molar-refractivity contribution is 6.30. The van der Waals surface area contributed by atoms with Crippen LogP contribution in [-0.4, -0.2) is 40.2 Å². The van der Waals surface area contributed by atoms with Gasteiger partial charge in [0.2, 0.25) is 5.88 Å². The van der Waals surface area contributed by atoms with Gasteiger partial charge < -0.3 is 19.9 Å². The molecule has 36 heavy (non-hydrogen) atoms. The molecule has 7 nitrogen and oxygen atoms in total. The molecule has 1 aromatic heterocycles. The number of hydrogen-bond acceptors (Lipinski definition) is 5. The first-order valence-corrected chi connectivity index (χ1v) is 12.1. The maximum atomic E-state index is 13.2. The Morgan fingerprint density at radius 1 is 1.06 bits per heavy atom. The van der Waals surface area contributed by atoms with E-state index < -0.39 is 18.2 Å². The van der Waals surface area contributed by atoms with Crippen LogP contribution in [0.15, 0.2) is 66.9 Å². The van der Waals surface area contributed by atoms with Crippen molar-refractivity contribution in [1.29, 1.82) is 0 Å². The van der Waals surface area contributed by atoms with E-state index in [0.29, 0.717) is 16.5 Å². The number of carboxylic acids is 1. The molecule has 0 fully saturated rings. The standard InChI is InChI=1S/C27H28Cl2N2O5/c1-17(23(19-5-4-6-21(29)14-19)13-18-7-9-20(28)10-8-18)31-26(34)27(2,3)36-24-12-11-22(15-30-24)35-16-25(32)33/h4-12,14-15,17,23H,13,16H2,1-3H3,(H,31,34)(H,32,33). The van der Waals surface area contributed by atoms with Crippen LogP contribution in [0.3, 0.4) is 0 Å². The van der Waals surface area contributed by atoms with Gasteiger partial charge in [-0.2, -0.15) is 0 Å². The summed E-state index contributed by atoms with van der Waals surface area (Å²) in [6.45, 7) is 4.78. The summed E-state index contributed by atoms with van der Waals surface area (Å²) in [5.74, 6) is -0.973. The monoisotopic (exact) mass is 530 g/mol. The second-order valence-electron chi connectivity index (χ2n) is 8.88. The molecule has 1 heterocycles. The van der Waals surface area contributed by atoms with Gasteiger partial charge in [0.15, 0.2) is 12.2 Å². The third-order valence-corrected chi connectivity index (χ3v) is 6.07. The highest BCUT2D eigenvalue weighted by Gasteiger charge is 2.33. The van der Waals surface area contributed by atoms with Crippen molar-refractivity contribution >= 4 is 35.1 Å². The number of nitrogens with zero attached hydrogens (tertiary/aromatic N) is 1. The fourth-order valence-corrected chi connectivity index (χ4v) is 3.97. The number of amides is 1. The van der Waals surface area contributed by atoms with Gasteiger partial charge in [0, 0.05) is 28.1 Å². The van der Waals surface area contributed by atoms with Crippen LogP contribution in [0.4, 0.5) is 0 Å². The average Bonchev–Trinajstić information content (AvgIpc) is 2.83. The fourth-order valence-electron chi connectivity index (χ4n) is 3.64. The topological polar surface area (TPSA) is 97.8 Å². The third-order valence-electron chi connectivity index (χ3n) is 5.59. The summed E-state index contributed by atoms with van der Waals surface area (Å²) in [7, 11) is 0. The lowest BCUT2D eigenvalue weighted by molar-refractivity contribution is -0.139. The van der Waals surface area contributed by atoms with Crippen molar-refractivity contribution in [2.45, 2.75) is 44.8 Å². The summed E-state index contributed by atoms with van der Waals surface area (Å²) in [6.07, 6.45) is 2.01. The van der Waals surface area contributed by atoms with E-state index in [9.17, 15) is 9.59 Å². The number of carboxylic acid groups (broad SMARTS) is 1. The summed E-state index contributed by atoms with van der Waals surface area (Å²) in [6, 6.07) is 18.0. The smallest absolute Gasteiger partial charge is 0.341 e. The number of benzene rings is 2. The normalized spacial score (nSPS) is 12.9. The van der Waals surface area contributed by atoms with Crippen LogP contribution in [0, 0.1) is 0 Å². The predicted octanol–water partition coefficient (Wildman–Crippen LogP) is 5.54. The lowest BCUT2D eigenvalue weighted by Crippen LogP contribution is -2.51. The molecule has 0 saturated heterocycles. The van der Waals surface area contributed by atoms with Gasteiger partial charge in [-0.05, 0) is 68.7 Å². The minimum absolute atomic E-state index is 0.0617. The maximum Gasteiger partial charge on any atom is 0.341 e. The number of aromatic nitrogens is 1.